The number of benzene rings is 2. The zero-order valence-electron chi connectivity index (χ0n) is 13.3. The van der Waals surface area contributed by atoms with Crippen LogP contribution in [-0.2, 0) is 6.54 Å². The van der Waals surface area contributed by atoms with Crippen molar-refractivity contribution in [3.8, 4) is 18.4 Å². The molecule has 1 heterocycles. The van der Waals surface area contributed by atoms with Crippen molar-refractivity contribution in [2.24, 2.45) is 0 Å². The van der Waals surface area contributed by atoms with Crippen molar-refractivity contribution in [1.82, 2.24) is 4.57 Å². The van der Waals surface area contributed by atoms with Crippen LogP contribution in [0.4, 0.5) is 0 Å². The number of rotatable bonds is 3. The van der Waals surface area contributed by atoms with E-state index in [1.54, 1.807) is 12.1 Å². The minimum atomic E-state index is 0.499. The van der Waals surface area contributed by atoms with Gasteiger partial charge in [-0.25, -0.2) is 0 Å². The third-order valence-corrected chi connectivity index (χ3v) is 4.31. The summed E-state index contributed by atoms with van der Waals surface area (Å²) in [5.74, 6) is 2.70. The van der Waals surface area contributed by atoms with Crippen LogP contribution in [0.1, 0.15) is 16.8 Å². The van der Waals surface area contributed by atoms with Gasteiger partial charge in [-0.15, -0.1) is 6.42 Å². The highest BCUT2D eigenvalue weighted by molar-refractivity contribution is 6.30. The predicted octanol–water partition coefficient (Wildman–Crippen LogP) is 5.30. The lowest BCUT2D eigenvalue weighted by atomic mass is 10.0. The summed E-state index contributed by atoms with van der Waals surface area (Å²) in [5.41, 5.74) is 4.51. The van der Waals surface area contributed by atoms with Crippen LogP contribution in [0.25, 0.3) is 22.6 Å². The van der Waals surface area contributed by atoms with Gasteiger partial charge in [-0.05, 0) is 36.8 Å². The molecule has 0 fully saturated rings. The first-order chi connectivity index (χ1) is 11.7. The van der Waals surface area contributed by atoms with Gasteiger partial charge in [0.2, 0.25) is 0 Å². The van der Waals surface area contributed by atoms with Crippen molar-refractivity contribution in [1.29, 1.82) is 5.26 Å². The van der Waals surface area contributed by atoms with Crippen LogP contribution in [0, 0.1) is 30.6 Å². The summed E-state index contributed by atoms with van der Waals surface area (Å²) in [7, 11) is 0. The Morgan fingerprint density at radius 3 is 2.75 bits per heavy atom. The molecule has 24 heavy (non-hydrogen) atoms. The van der Waals surface area contributed by atoms with Gasteiger partial charge in [-0.2, -0.15) is 5.26 Å². The van der Waals surface area contributed by atoms with E-state index in [0.717, 1.165) is 27.7 Å². The van der Waals surface area contributed by atoms with E-state index in [4.69, 9.17) is 18.0 Å². The Morgan fingerprint density at radius 2 is 2.04 bits per heavy atom. The molecule has 0 aliphatic rings. The molecule has 2 nitrogen and oxygen atoms in total. The topological polar surface area (TPSA) is 28.7 Å². The molecular formula is C21H15ClN2. The molecule has 3 rings (SSSR count). The fourth-order valence-corrected chi connectivity index (χ4v) is 3.11. The van der Waals surface area contributed by atoms with Crippen molar-refractivity contribution in [2.45, 2.75) is 13.5 Å². The molecule has 0 spiro atoms. The second kappa shape index (κ2) is 6.67. The average Bonchev–Trinajstić information content (AvgIpc) is 2.85. The van der Waals surface area contributed by atoms with E-state index >= 15 is 0 Å². The highest BCUT2D eigenvalue weighted by Crippen LogP contribution is 2.30. The lowest BCUT2D eigenvalue weighted by Crippen LogP contribution is -1.97. The van der Waals surface area contributed by atoms with Gasteiger partial charge in [0.1, 0.15) is 0 Å². The highest BCUT2D eigenvalue weighted by Gasteiger charge is 2.13. The van der Waals surface area contributed by atoms with Crippen LogP contribution >= 0.6 is 11.6 Å². The molecule has 0 radical (unpaired) electrons. The standard InChI is InChI=1S/C21H15ClN2/c1-3-11-24-15(2)20(19-9-4-5-10-21(19)24)13-17(14-23)16-7-6-8-18(22)12-16/h1,4-10,12-13H,11H2,2H3/b17-13+. The van der Waals surface area contributed by atoms with Crippen molar-refractivity contribution in [2.75, 3.05) is 0 Å². The molecule has 116 valence electrons. The Labute approximate surface area is 146 Å². The molecule has 0 atom stereocenters. The zero-order chi connectivity index (χ0) is 17.1. The van der Waals surface area contributed by atoms with Gasteiger partial charge in [0, 0.05) is 27.2 Å². The first-order valence-corrected chi connectivity index (χ1v) is 7.92. The molecule has 0 amide bonds. The second-order valence-electron chi connectivity index (χ2n) is 5.49. The minimum Gasteiger partial charge on any atom is -0.333 e. The molecule has 0 aliphatic carbocycles. The molecule has 3 heteroatoms. The first kappa shape index (κ1) is 15.9. The van der Waals surface area contributed by atoms with E-state index in [2.05, 4.69) is 16.6 Å². The van der Waals surface area contributed by atoms with E-state index in [1.807, 2.05) is 49.4 Å². The maximum absolute atomic E-state index is 9.60. The van der Waals surface area contributed by atoms with Crippen LogP contribution < -0.4 is 0 Å². The van der Waals surface area contributed by atoms with Crippen LogP contribution in [0.3, 0.4) is 0 Å². The van der Waals surface area contributed by atoms with Crippen molar-refractivity contribution in [3.05, 3.63) is 70.4 Å². The maximum atomic E-state index is 9.60. The zero-order valence-corrected chi connectivity index (χ0v) is 14.0. The summed E-state index contributed by atoms with van der Waals surface area (Å²) >= 11 is 6.06. The molecule has 2 aromatic carbocycles. The molecule has 0 N–H and O–H groups in total. The van der Waals surface area contributed by atoms with E-state index < -0.39 is 0 Å². The third kappa shape index (κ3) is 2.81. The summed E-state index contributed by atoms with van der Waals surface area (Å²) in [4.78, 5) is 0. The lowest BCUT2D eigenvalue weighted by Gasteiger charge is -2.03. The van der Waals surface area contributed by atoms with Gasteiger partial charge in [0.25, 0.3) is 0 Å². The molecule has 0 saturated heterocycles. The quantitative estimate of drug-likeness (QED) is 0.473. The van der Waals surface area contributed by atoms with Gasteiger partial charge >= 0.3 is 0 Å². The number of hydrogen-bond acceptors (Lipinski definition) is 1. The number of aromatic nitrogens is 1. The smallest absolute Gasteiger partial charge is 0.0998 e. The molecule has 0 saturated carbocycles. The molecule has 1 aromatic heterocycles. The van der Waals surface area contributed by atoms with Crippen molar-refractivity contribution in [3.63, 3.8) is 0 Å². The number of nitriles is 1. The van der Waals surface area contributed by atoms with Crippen LogP contribution in [0.15, 0.2) is 48.5 Å². The monoisotopic (exact) mass is 330 g/mol. The average molecular weight is 331 g/mol. The number of para-hydroxylation sites is 1. The highest BCUT2D eigenvalue weighted by atomic mass is 35.5. The second-order valence-corrected chi connectivity index (χ2v) is 5.92. The minimum absolute atomic E-state index is 0.499. The number of hydrogen-bond donors (Lipinski definition) is 0. The maximum Gasteiger partial charge on any atom is 0.0998 e. The van der Waals surface area contributed by atoms with Gasteiger partial charge in [0.15, 0.2) is 0 Å². The van der Waals surface area contributed by atoms with Gasteiger partial charge in [-0.3, -0.25) is 0 Å². The van der Waals surface area contributed by atoms with E-state index in [9.17, 15) is 5.26 Å². The Bertz CT molecular complexity index is 1030. The summed E-state index contributed by atoms with van der Waals surface area (Å²) < 4.78 is 2.09. The predicted molar refractivity (Wildman–Crippen MR) is 100 cm³/mol. The van der Waals surface area contributed by atoms with Crippen LogP contribution in [0.5, 0.6) is 0 Å². The summed E-state index contributed by atoms with van der Waals surface area (Å²) in [6.07, 6.45) is 7.42. The molecule has 3 aromatic rings. The van der Waals surface area contributed by atoms with E-state index in [0.29, 0.717) is 17.1 Å². The number of nitrogens with zero attached hydrogens (tertiary/aromatic N) is 2. The van der Waals surface area contributed by atoms with Gasteiger partial charge in [-0.1, -0.05) is 47.9 Å². The van der Waals surface area contributed by atoms with Crippen molar-refractivity contribution >= 4 is 34.2 Å². The number of fused-ring (bicyclic) bond motifs is 1. The fourth-order valence-electron chi connectivity index (χ4n) is 2.92. The molecular weight excluding hydrogens is 316 g/mol. The fraction of sp³-hybridized carbons (Fsp3) is 0.0952. The van der Waals surface area contributed by atoms with Crippen molar-refractivity contribution < 1.29 is 0 Å². The SMILES string of the molecule is C#CCn1c(C)c(/C=C(\C#N)c2cccc(Cl)c2)c2ccccc21. The normalized spacial score (nSPS) is 11.2. The Hall–Kier alpha value is -2.94. The first-order valence-electron chi connectivity index (χ1n) is 7.54. The summed E-state index contributed by atoms with van der Waals surface area (Å²) in [5, 5.41) is 11.3. The van der Waals surface area contributed by atoms with E-state index in [1.165, 1.54) is 0 Å². The Kier molecular flexibility index (Phi) is 4.43. The number of terminal acetylenes is 1. The Morgan fingerprint density at radius 1 is 1.25 bits per heavy atom. The number of allylic oxidation sites excluding steroid dienone is 1. The van der Waals surface area contributed by atoms with E-state index in [-0.39, 0.29) is 0 Å². The van der Waals surface area contributed by atoms with Gasteiger partial charge in [0.05, 0.1) is 18.2 Å². The lowest BCUT2D eigenvalue weighted by molar-refractivity contribution is 0.846. The van der Waals surface area contributed by atoms with Crippen LogP contribution in [-0.4, -0.2) is 4.57 Å². The summed E-state index contributed by atoms with van der Waals surface area (Å²) in [6, 6.07) is 17.7. The molecule has 0 unspecified atom stereocenters. The largest absolute Gasteiger partial charge is 0.333 e. The summed E-state index contributed by atoms with van der Waals surface area (Å²) in [6.45, 7) is 2.52. The van der Waals surface area contributed by atoms with Gasteiger partial charge < -0.3 is 4.57 Å². The number of halogens is 1. The third-order valence-electron chi connectivity index (χ3n) is 4.07. The molecule has 0 aliphatic heterocycles. The van der Waals surface area contributed by atoms with Crippen LogP contribution in [0.2, 0.25) is 5.02 Å². The molecule has 0 bridgehead atoms. The Balaban J connectivity index is 2.24.